The molecule has 0 N–H and O–H groups in total. The van der Waals surface area contributed by atoms with Crippen LogP contribution in [0.2, 0.25) is 0 Å². The van der Waals surface area contributed by atoms with Gasteiger partial charge in [-0.25, -0.2) is 14.2 Å². The molecule has 0 bridgehead atoms. The largest absolute Gasteiger partial charge is 0.353 e. The van der Waals surface area contributed by atoms with Gasteiger partial charge < -0.3 is 9.80 Å². The first-order valence-electron chi connectivity index (χ1n) is 11.7. The number of aryl methyl sites for hydroxylation is 1. The summed E-state index contributed by atoms with van der Waals surface area (Å²) in [7, 11) is 1.40. The number of likely N-dealkylation sites (N-methyl/N-ethyl adjacent to an activating group) is 1. The number of pyridine rings is 1. The fraction of sp³-hybridized carbons (Fsp3) is 0.440. The maximum absolute atomic E-state index is 15.0. The number of rotatable bonds is 4. The summed E-state index contributed by atoms with van der Waals surface area (Å²) >= 11 is 0. The van der Waals surface area contributed by atoms with E-state index in [1.807, 2.05) is 6.20 Å². The molecule has 178 valence electrons. The SMILES string of the molecule is Cc1cc(C2CC2)cnc1N1CCN(C(=O)c2ccc(N3C(=O)N(C)C(=O)C3C)cc2F)CC1. The van der Waals surface area contributed by atoms with Gasteiger partial charge in [-0.05, 0) is 61.9 Å². The lowest BCUT2D eigenvalue weighted by Gasteiger charge is -2.36. The molecule has 1 aliphatic carbocycles. The lowest BCUT2D eigenvalue weighted by molar-refractivity contribution is -0.125. The predicted octanol–water partition coefficient (Wildman–Crippen LogP) is 3.16. The van der Waals surface area contributed by atoms with Crippen LogP contribution >= 0.6 is 0 Å². The highest BCUT2D eigenvalue weighted by molar-refractivity contribution is 6.13. The number of carbonyl (C=O) groups is 3. The molecule has 2 aromatic rings. The van der Waals surface area contributed by atoms with Crippen LogP contribution in [0.25, 0.3) is 0 Å². The second kappa shape index (κ2) is 8.38. The van der Waals surface area contributed by atoms with E-state index in [1.54, 1.807) is 11.8 Å². The zero-order chi connectivity index (χ0) is 24.1. The first-order valence-corrected chi connectivity index (χ1v) is 11.7. The molecule has 1 aromatic heterocycles. The minimum absolute atomic E-state index is 0.0423. The summed E-state index contributed by atoms with van der Waals surface area (Å²) in [5.74, 6) is 0.155. The summed E-state index contributed by atoms with van der Waals surface area (Å²) < 4.78 is 15.0. The zero-order valence-electron chi connectivity index (χ0n) is 19.6. The van der Waals surface area contributed by atoms with Crippen LogP contribution in [-0.4, -0.2) is 71.9 Å². The van der Waals surface area contributed by atoms with E-state index < -0.39 is 17.9 Å². The van der Waals surface area contributed by atoms with E-state index in [4.69, 9.17) is 0 Å². The molecule has 4 amide bonds. The Kier molecular flexibility index (Phi) is 5.50. The van der Waals surface area contributed by atoms with E-state index in [0.29, 0.717) is 32.1 Å². The zero-order valence-corrected chi connectivity index (χ0v) is 19.6. The Hall–Kier alpha value is -3.49. The first-order chi connectivity index (χ1) is 16.3. The third-order valence-corrected chi connectivity index (χ3v) is 7.02. The Labute approximate surface area is 197 Å². The normalized spacial score (nSPS) is 21.0. The Balaban J connectivity index is 1.26. The maximum Gasteiger partial charge on any atom is 0.331 e. The highest BCUT2D eigenvalue weighted by Crippen LogP contribution is 2.40. The average molecular weight is 466 g/mol. The molecule has 34 heavy (non-hydrogen) atoms. The van der Waals surface area contributed by atoms with Crippen LogP contribution in [0, 0.1) is 12.7 Å². The molecular weight excluding hydrogens is 437 g/mol. The van der Waals surface area contributed by atoms with E-state index in [0.717, 1.165) is 22.3 Å². The highest BCUT2D eigenvalue weighted by Gasteiger charge is 2.41. The number of nitrogens with zero attached hydrogens (tertiary/aromatic N) is 5. The lowest BCUT2D eigenvalue weighted by atomic mass is 10.1. The van der Waals surface area contributed by atoms with Crippen molar-refractivity contribution in [3.63, 3.8) is 0 Å². The van der Waals surface area contributed by atoms with Gasteiger partial charge in [0, 0.05) is 45.1 Å². The predicted molar refractivity (Wildman–Crippen MR) is 126 cm³/mol. The van der Waals surface area contributed by atoms with E-state index in [2.05, 4.69) is 22.9 Å². The standard InChI is InChI=1S/C25H28FN5O3/c1-15-12-18(17-4-5-17)14-27-22(15)29-8-10-30(11-9-29)24(33)20-7-6-19(13-21(20)26)31-16(2)23(32)28(3)25(31)34/h6-7,12-14,16-17H,4-5,8-11H2,1-3H3. The summed E-state index contributed by atoms with van der Waals surface area (Å²) in [6.45, 7) is 5.84. The van der Waals surface area contributed by atoms with E-state index in [-0.39, 0.29) is 23.1 Å². The number of anilines is 2. The van der Waals surface area contributed by atoms with Gasteiger partial charge in [0.2, 0.25) is 0 Å². The Morgan fingerprint density at radius 2 is 1.79 bits per heavy atom. The topological polar surface area (TPSA) is 77.1 Å². The minimum Gasteiger partial charge on any atom is -0.353 e. The number of hydrogen-bond acceptors (Lipinski definition) is 5. The minimum atomic E-state index is -0.720. The molecule has 3 fully saturated rings. The van der Waals surface area contributed by atoms with Crippen LogP contribution in [-0.2, 0) is 4.79 Å². The highest BCUT2D eigenvalue weighted by atomic mass is 19.1. The summed E-state index contributed by atoms with van der Waals surface area (Å²) in [4.78, 5) is 48.2. The van der Waals surface area contributed by atoms with E-state index in [1.165, 1.54) is 42.5 Å². The van der Waals surface area contributed by atoms with Crippen molar-refractivity contribution in [2.45, 2.75) is 38.6 Å². The fourth-order valence-corrected chi connectivity index (χ4v) is 4.83. The molecule has 1 unspecified atom stereocenters. The number of urea groups is 1. The number of piperazine rings is 1. The summed E-state index contributed by atoms with van der Waals surface area (Å²) in [6, 6.07) is 5.04. The van der Waals surface area contributed by atoms with Gasteiger partial charge in [-0.15, -0.1) is 0 Å². The van der Waals surface area contributed by atoms with Crippen molar-refractivity contribution in [2.24, 2.45) is 0 Å². The van der Waals surface area contributed by atoms with Crippen molar-refractivity contribution in [1.29, 1.82) is 0 Å². The fourth-order valence-electron chi connectivity index (χ4n) is 4.83. The number of benzene rings is 1. The Morgan fingerprint density at radius 3 is 2.35 bits per heavy atom. The van der Waals surface area contributed by atoms with Crippen LogP contribution < -0.4 is 9.80 Å². The summed E-state index contributed by atoms with van der Waals surface area (Å²) in [5.41, 5.74) is 2.65. The Bertz CT molecular complexity index is 1170. The third kappa shape index (κ3) is 3.78. The van der Waals surface area contributed by atoms with Crippen LogP contribution in [0.15, 0.2) is 30.5 Å². The van der Waals surface area contributed by atoms with Gasteiger partial charge in [-0.2, -0.15) is 0 Å². The van der Waals surface area contributed by atoms with Gasteiger partial charge in [0.15, 0.2) is 0 Å². The molecule has 3 aliphatic rings. The molecule has 3 heterocycles. The van der Waals surface area contributed by atoms with Gasteiger partial charge in [0.05, 0.1) is 5.56 Å². The monoisotopic (exact) mass is 465 g/mol. The second-order valence-electron chi connectivity index (χ2n) is 9.35. The van der Waals surface area contributed by atoms with Gasteiger partial charge in [-0.3, -0.25) is 19.4 Å². The van der Waals surface area contributed by atoms with Crippen molar-refractivity contribution >= 4 is 29.4 Å². The molecule has 9 heteroatoms. The number of hydrogen-bond donors (Lipinski definition) is 0. The summed E-state index contributed by atoms with van der Waals surface area (Å²) in [5, 5.41) is 0. The molecule has 0 radical (unpaired) electrons. The molecule has 1 atom stereocenters. The van der Waals surface area contributed by atoms with E-state index in [9.17, 15) is 18.8 Å². The van der Waals surface area contributed by atoms with Gasteiger partial charge in [-0.1, -0.05) is 6.07 Å². The molecule has 1 aromatic carbocycles. The first kappa shape index (κ1) is 22.3. The van der Waals surface area contributed by atoms with Crippen LogP contribution in [0.1, 0.15) is 47.2 Å². The lowest BCUT2D eigenvalue weighted by Crippen LogP contribution is -2.49. The maximum atomic E-state index is 15.0. The van der Waals surface area contributed by atoms with Crippen molar-refractivity contribution in [1.82, 2.24) is 14.8 Å². The van der Waals surface area contributed by atoms with Crippen molar-refractivity contribution in [3.8, 4) is 0 Å². The average Bonchev–Trinajstić information content (AvgIpc) is 3.66. The molecule has 2 saturated heterocycles. The van der Waals surface area contributed by atoms with Crippen molar-refractivity contribution in [2.75, 3.05) is 43.0 Å². The molecule has 5 rings (SSSR count). The smallest absolute Gasteiger partial charge is 0.331 e. The van der Waals surface area contributed by atoms with Gasteiger partial charge in [0.25, 0.3) is 11.8 Å². The van der Waals surface area contributed by atoms with Crippen molar-refractivity contribution in [3.05, 3.63) is 53.0 Å². The van der Waals surface area contributed by atoms with E-state index >= 15 is 0 Å². The van der Waals surface area contributed by atoms with Crippen molar-refractivity contribution < 1.29 is 18.8 Å². The Morgan fingerprint density at radius 1 is 1.09 bits per heavy atom. The van der Waals surface area contributed by atoms with Gasteiger partial charge >= 0.3 is 6.03 Å². The van der Waals surface area contributed by atoms with Crippen LogP contribution in [0.4, 0.5) is 20.7 Å². The van der Waals surface area contributed by atoms with Crippen LogP contribution in [0.3, 0.4) is 0 Å². The second-order valence-corrected chi connectivity index (χ2v) is 9.35. The quantitative estimate of drug-likeness (QED) is 0.649. The molecular formula is C25H28FN5O3. The molecule has 0 spiro atoms. The molecule has 8 nitrogen and oxygen atoms in total. The van der Waals surface area contributed by atoms with Crippen LogP contribution in [0.5, 0.6) is 0 Å². The number of aromatic nitrogens is 1. The molecule has 2 aliphatic heterocycles. The number of carbonyl (C=O) groups excluding carboxylic acids is 3. The molecule has 1 saturated carbocycles. The van der Waals surface area contributed by atoms with Gasteiger partial charge in [0.1, 0.15) is 17.7 Å². The summed E-state index contributed by atoms with van der Waals surface area (Å²) in [6.07, 6.45) is 4.44. The number of imide groups is 1. The number of halogens is 1. The number of amides is 4. The third-order valence-electron chi connectivity index (χ3n) is 7.02.